The van der Waals surface area contributed by atoms with E-state index in [1.165, 1.54) is 0 Å². The third-order valence-corrected chi connectivity index (χ3v) is 3.63. The molecule has 1 saturated heterocycles. The summed E-state index contributed by atoms with van der Waals surface area (Å²) in [7, 11) is 0. The van der Waals surface area contributed by atoms with Crippen LogP contribution in [0.1, 0.15) is 18.9 Å². The smallest absolute Gasteiger partial charge is 0.172 e. The van der Waals surface area contributed by atoms with Gasteiger partial charge in [0.15, 0.2) is 5.84 Å². The van der Waals surface area contributed by atoms with Crippen molar-refractivity contribution in [3.8, 4) is 0 Å². The molecule has 0 bridgehead atoms. The molecule has 98 valence electrons. The molecule has 1 aliphatic rings. The van der Waals surface area contributed by atoms with E-state index in [4.69, 9.17) is 10.9 Å². The third kappa shape index (κ3) is 2.59. The van der Waals surface area contributed by atoms with E-state index in [1.807, 2.05) is 24.0 Å². The van der Waals surface area contributed by atoms with Crippen molar-refractivity contribution in [3.63, 3.8) is 0 Å². The van der Waals surface area contributed by atoms with Crippen LogP contribution in [0, 0.1) is 0 Å². The number of anilines is 1. The van der Waals surface area contributed by atoms with Gasteiger partial charge in [-0.2, -0.15) is 0 Å². The molecule has 1 aliphatic heterocycles. The van der Waals surface area contributed by atoms with Crippen molar-refractivity contribution in [2.75, 3.05) is 18.0 Å². The summed E-state index contributed by atoms with van der Waals surface area (Å²) in [5, 5.41) is 21.9. The van der Waals surface area contributed by atoms with E-state index in [9.17, 15) is 5.11 Å². The number of β-amino-alcohol motifs (C(OH)–C–C–N with tert-alkyl or cyclic N) is 1. The summed E-state index contributed by atoms with van der Waals surface area (Å²) < 4.78 is 0.915. The Morgan fingerprint density at radius 2 is 2.28 bits per heavy atom. The predicted octanol–water partition coefficient (Wildman–Crippen LogP) is 1.50. The lowest BCUT2D eigenvalue weighted by Gasteiger charge is -2.23. The second-order valence-corrected chi connectivity index (χ2v) is 5.73. The van der Waals surface area contributed by atoms with E-state index < -0.39 is 5.60 Å². The summed E-state index contributed by atoms with van der Waals surface area (Å²) in [6.07, 6.45) is 0.703. The minimum absolute atomic E-state index is 0.0732. The largest absolute Gasteiger partial charge is 0.409 e. The van der Waals surface area contributed by atoms with Crippen molar-refractivity contribution in [1.29, 1.82) is 0 Å². The highest BCUT2D eigenvalue weighted by molar-refractivity contribution is 9.10. The van der Waals surface area contributed by atoms with Gasteiger partial charge in [-0.1, -0.05) is 21.1 Å². The highest BCUT2D eigenvalue weighted by Crippen LogP contribution is 2.31. The van der Waals surface area contributed by atoms with Gasteiger partial charge in [0.05, 0.1) is 5.60 Å². The SMILES string of the molecule is CC1(O)CCN(c2cc(Br)ccc2/C(N)=N/O)C1. The normalized spacial score (nSPS) is 24.6. The number of oxime groups is 1. The first kappa shape index (κ1) is 13.2. The van der Waals surface area contributed by atoms with Crippen molar-refractivity contribution in [2.24, 2.45) is 10.9 Å². The van der Waals surface area contributed by atoms with Gasteiger partial charge in [0.25, 0.3) is 0 Å². The molecular formula is C12H16BrN3O2. The summed E-state index contributed by atoms with van der Waals surface area (Å²) in [5.41, 5.74) is 6.51. The molecule has 1 aromatic carbocycles. The minimum atomic E-state index is -0.690. The molecule has 2 rings (SSSR count). The maximum Gasteiger partial charge on any atom is 0.172 e. The molecule has 1 unspecified atom stereocenters. The molecule has 1 aromatic rings. The highest BCUT2D eigenvalue weighted by atomic mass is 79.9. The van der Waals surface area contributed by atoms with Gasteiger partial charge in [0.1, 0.15) is 0 Å². The molecular weight excluding hydrogens is 298 g/mol. The fourth-order valence-corrected chi connectivity index (χ4v) is 2.54. The van der Waals surface area contributed by atoms with E-state index in [2.05, 4.69) is 21.1 Å². The molecule has 18 heavy (non-hydrogen) atoms. The number of rotatable bonds is 2. The zero-order chi connectivity index (χ0) is 13.3. The van der Waals surface area contributed by atoms with E-state index in [-0.39, 0.29) is 5.84 Å². The second-order valence-electron chi connectivity index (χ2n) is 4.82. The Kier molecular flexibility index (Phi) is 3.49. The Morgan fingerprint density at radius 3 is 2.83 bits per heavy atom. The lowest BCUT2D eigenvalue weighted by molar-refractivity contribution is 0.0839. The molecule has 1 fully saturated rings. The summed E-state index contributed by atoms with van der Waals surface area (Å²) in [6.45, 7) is 3.10. The van der Waals surface area contributed by atoms with Gasteiger partial charge in [-0.15, -0.1) is 0 Å². The van der Waals surface area contributed by atoms with Gasteiger partial charge in [0, 0.05) is 28.8 Å². The van der Waals surface area contributed by atoms with Crippen LogP contribution in [0.25, 0.3) is 0 Å². The summed E-state index contributed by atoms with van der Waals surface area (Å²) >= 11 is 3.41. The number of amidine groups is 1. The number of nitrogens with zero attached hydrogens (tertiary/aromatic N) is 2. The zero-order valence-electron chi connectivity index (χ0n) is 10.1. The number of halogens is 1. The van der Waals surface area contributed by atoms with Crippen LogP contribution >= 0.6 is 15.9 Å². The lowest BCUT2D eigenvalue weighted by atomic mass is 10.1. The van der Waals surface area contributed by atoms with Crippen LogP contribution in [0.5, 0.6) is 0 Å². The Bertz CT molecular complexity index is 488. The minimum Gasteiger partial charge on any atom is -0.409 e. The first-order valence-electron chi connectivity index (χ1n) is 5.68. The highest BCUT2D eigenvalue weighted by Gasteiger charge is 2.32. The number of aliphatic hydroxyl groups is 1. The lowest BCUT2D eigenvalue weighted by Crippen LogP contribution is -2.31. The summed E-state index contributed by atoms with van der Waals surface area (Å²) in [4.78, 5) is 2.04. The van der Waals surface area contributed by atoms with Gasteiger partial charge in [0.2, 0.25) is 0 Å². The van der Waals surface area contributed by atoms with Gasteiger partial charge in [-0.25, -0.2) is 0 Å². The Hall–Kier alpha value is -1.27. The molecule has 0 radical (unpaired) electrons. The molecule has 0 saturated carbocycles. The maximum absolute atomic E-state index is 10.0. The van der Waals surface area contributed by atoms with Gasteiger partial charge < -0.3 is 20.9 Å². The van der Waals surface area contributed by atoms with Crippen LogP contribution in [0.2, 0.25) is 0 Å². The second kappa shape index (κ2) is 4.78. The number of hydrogen-bond donors (Lipinski definition) is 3. The fourth-order valence-electron chi connectivity index (χ4n) is 2.19. The summed E-state index contributed by atoms with van der Waals surface area (Å²) in [5.74, 6) is 0.0732. The van der Waals surface area contributed by atoms with Crippen LogP contribution in [-0.4, -0.2) is 34.8 Å². The van der Waals surface area contributed by atoms with Crippen LogP contribution in [-0.2, 0) is 0 Å². The summed E-state index contributed by atoms with van der Waals surface area (Å²) in [6, 6.07) is 5.54. The van der Waals surface area contributed by atoms with E-state index in [1.54, 1.807) is 6.07 Å². The van der Waals surface area contributed by atoms with Crippen molar-refractivity contribution in [2.45, 2.75) is 18.9 Å². The monoisotopic (exact) mass is 313 g/mol. The molecule has 1 heterocycles. The molecule has 0 amide bonds. The third-order valence-electron chi connectivity index (χ3n) is 3.14. The van der Waals surface area contributed by atoms with Crippen LogP contribution < -0.4 is 10.6 Å². The molecule has 0 aromatic heterocycles. The van der Waals surface area contributed by atoms with E-state index in [0.717, 1.165) is 16.7 Å². The van der Waals surface area contributed by atoms with Gasteiger partial charge >= 0.3 is 0 Å². The number of benzene rings is 1. The number of hydrogen-bond acceptors (Lipinski definition) is 4. The Balaban J connectivity index is 2.40. The van der Waals surface area contributed by atoms with Crippen LogP contribution in [0.4, 0.5) is 5.69 Å². The van der Waals surface area contributed by atoms with Crippen molar-refractivity contribution < 1.29 is 10.3 Å². The topological polar surface area (TPSA) is 82.1 Å². The van der Waals surface area contributed by atoms with Gasteiger partial charge in [-0.05, 0) is 31.5 Å². The standard InChI is InChI=1S/C12H16BrN3O2/c1-12(17)4-5-16(7-12)10-6-8(13)2-3-9(10)11(14)15-18/h2-3,6,17-18H,4-5,7H2,1H3,(H2,14,15). The van der Waals surface area contributed by atoms with Crippen molar-refractivity contribution in [1.82, 2.24) is 0 Å². The van der Waals surface area contributed by atoms with Gasteiger partial charge in [-0.3, -0.25) is 0 Å². The molecule has 6 heteroatoms. The molecule has 5 nitrogen and oxygen atoms in total. The number of nitrogens with two attached hydrogens (primary N) is 1. The average Bonchev–Trinajstić information content (AvgIpc) is 2.68. The molecule has 1 atom stereocenters. The quantitative estimate of drug-likeness (QED) is 0.334. The first-order chi connectivity index (χ1) is 8.43. The van der Waals surface area contributed by atoms with Crippen LogP contribution in [0.3, 0.4) is 0 Å². The Labute approximate surface area is 114 Å². The molecule has 4 N–H and O–H groups in total. The van der Waals surface area contributed by atoms with E-state index >= 15 is 0 Å². The van der Waals surface area contributed by atoms with Crippen molar-refractivity contribution in [3.05, 3.63) is 28.2 Å². The Morgan fingerprint density at radius 1 is 1.56 bits per heavy atom. The molecule has 0 spiro atoms. The predicted molar refractivity (Wildman–Crippen MR) is 74.1 cm³/mol. The van der Waals surface area contributed by atoms with E-state index in [0.29, 0.717) is 18.5 Å². The average molecular weight is 314 g/mol. The maximum atomic E-state index is 10.0. The van der Waals surface area contributed by atoms with Crippen LogP contribution in [0.15, 0.2) is 27.8 Å². The fraction of sp³-hybridized carbons (Fsp3) is 0.417. The van der Waals surface area contributed by atoms with Crippen molar-refractivity contribution >= 4 is 27.5 Å². The first-order valence-corrected chi connectivity index (χ1v) is 6.47. The zero-order valence-corrected chi connectivity index (χ0v) is 11.7. The molecule has 0 aliphatic carbocycles.